The van der Waals surface area contributed by atoms with Crippen LogP contribution in [0.5, 0.6) is 0 Å². The predicted molar refractivity (Wildman–Crippen MR) is 155 cm³/mol. The first kappa shape index (κ1) is 30.1. The number of carbonyl (C=O) groups is 1. The summed E-state index contributed by atoms with van der Waals surface area (Å²) < 4.78 is 42.6. The van der Waals surface area contributed by atoms with Crippen molar-refractivity contribution in [3.8, 4) is 22.4 Å². The Labute approximate surface area is 241 Å². The van der Waals surface area contributed by atoms with Crippen LogP contribution in [-0.4, -0.2) is 57.2 Å². The van der Waals surface area contributed by atoms with Crippen molar-refractivity contribution in [2.45, 2.75) is 38.4 Å². The Kier molecular flexibility index (Phi) is 9.39. The summed E-state index contributed by atoms with van der Waals surface area (Å²) in [5.74, 6) is 0. The molecule has 41 heavy (non-hydrogen) atoms. The lowest BCUT2D eigenvalue weighted by Gasteiger charge is -2.26. The number of rotatable bonds is 8. The quantitative estimate of drug-likeness (QED) is 0.291. The SMILES string of the molecule is Cl.NC(=O)N(CC(F)(F)F)c1cccc(-c2cnc3cc(-c4ccc(=O)n(CCCN5CCCCC5)c4)ccn23)c1. The van der Waals surface area contributed by atoms with Crippen LogP contribution >= 0.6 is 12.4 Å². The van der Waals surface area contributed by atoms with Crippen LogP contribution in [0.3, 0.4) is 0 Å². The van der Waals surface area contributed by atoms with E-state index in [9.17, 15) is 22.8 Å². The van der Waals surface area contributed by atoms with Gasteiger partial charge in [-0.2, -0.15) is 13.2 Å². The van der Waals surface area contributed by atoms with Gasteiger partial charge >= 0.3 is 12.2 Å². The van der Waals surface area contributed by atoms with Gasteiger partial charge in [0.2, 0.25) is 0 Å². The number of likely N-dealkylation sites (tertiary alicyclic amines) is 1. The number of amides is 2. The van der Waals surface area contributed by atoms with Crippen molar-refractivity contribution < 1.29 is 18.0 Å². The molecule has 5 rings (SSSR count). The van der Waals surface area contributed by atoms with Gasteiger partial charge in [-0.15, -0.1) is 12.4 Å². The molecule has 8 nitrogen and oxygen atoms in total. The Morgan fingerprint density at radius 1 is 0.976 bits per heavy atom. The van der Waals surface area contributed by atoms with Gasteiger partial charge in [-0.3, -0.25) is 14.1 Å². The fraction of sp³-hybridized carbons (Fsp3) is 0.345. The first-order valence-electron chi connectivity index (χ1n) is 13.3. The van der Waals surface area contributed by atoms with Crippen LogP contribution in [0.4, 0.5) is 23.7 Å². The number of primary amides is 1. The summed E-state index contributed by atoms with van der Waals surface area (Å²) in [6.07, 6.45) is 5.40. The topological polar surface area (TPSA) is 88.9 Å². The predicted octanol–water partition coefficient (Wildman–Crippen LogP) is 5.58. The summed E-state index contributed by atoms with van der Waals surface area (Å²) in [6, 6.07) is 12.2. The summed E-state index contributed by atoms with van der Waals surface area (Å²) in [6.45, 7) is 2.40. The average molecular weight is 589 g/mol. The molecule has 4 aromatic rings. The fourth-order valence-corrected chi connectivity index (χ4v) is 5.21. The van der Waals surface area contributed by atoms with Crippen molar-refractivity contribution in [3.63, 3.8) is 0 Å². The van der Waals surface area contributed by atoms with Crippen molar-refractivity contribution in [1.29, 1.82) is 0 Å². The zero-order chi connectivity index (χ0) is 28.3. The highest BCUT2D eigenvalue weighted by molar-refractivity contribution is 5.91. The number of piperidine rings is 1. The van der Waals surface area contributed by atoms with Crippen LogP contribution in [0.2, 0.25) is 0 Å². The van der Waals surface area contributed by atoms with E-state index in [-0.39, 0.29) is 23.7 Å². The molecular formula is C29H32ClF3N6O2. The van der Waals surface area contributed by atoms with E-state index < -0.39 is 18.8 Å². The third-order valence-corrected chi connectivity index (χ3v) is 7.21. The second-order valence-corrected chi connectivity index (χ2v) is 10.1. The number of urea groups is 1. The van der Waals surface area contributed by atoms with Crippen LogP contribution in [0.15, 0.2) is 71.9 Å². The molecule has 218 valence electrons. The Morgan fingerprint density at radius 2 is 1.76 bits per heavy atom. The minimum Gasteiger partial charge on any atom is -0.351 e. The van der Waals surface area contributed by atoms with Crippen LogP contribution in [0, 0.1) is 0 Å². The number of fused-ring (bicyclic) bond motifs is 1. The van der Waals surface area contributed by atoms with Gasteiger partial charge in [0.05, 0.1) is 11.9 Å². The number of halogens is 4. The molecule has 3 aromatic heterocycles. The van der Waals surface area contributed by atoms with E-state index in [4.69, 9.17) is 5.73 Å². The molecule has 2 N–H and O–H groups in total. The smallest absolute Gasteiger partial charge is 0.351 e. The van der Waals surface area contributed by atoms with E-state index in [0.717, 1.165) is 37.2 Å². The van der Waals surface area contributed by atoms with Gasteiger partial charge in [0, 0.05) is 36.3 Å². The molecule has 1 aliphatic rings. The Balaban J connectivity index is 0.00000387. The van der Waals surface area contributed by atoms with Gasteiger partial charge in [-0.05, 0) is 80.4 Å². The third kappa shape index (κ3) is 7.28. The summed E-state index contributed by atoms with van der Waals surface area (Å²) in [5, 5.41) is 0. The standard InChI is InChI=1S/C29H31F3N6O2.ClH/c30-29(31,32)20-38(28(33)40)24-7-4-6-22(16-24)25-18-34-26-17-21(10-15-37(25)26)23-8-9-27(39)36(19-23)14-5-13-35-11-2-1-3-12-35;/h4,6-10,15-19H,1-3,5,11-14,20H2,(H2,33,40);1H. The second kappa shape index (κ2) is 12.8. The molecule has 0 saturated carbocycles. The molecule has 0 spiro atoms. The fourth-order valence-electron chi connectivity index (χ4n) is 5.21. The number of anilines is 1. The molecule has 12 heteroatoms. The first-order chi connectivity index (χ1) is 19.2. The van der Waals surface area contributed by atoms with Crippen molar-refractivity contribution >= 4 is 29.8 Å². The van der Waals surface area contributed by atoms with E-state index in [2.05, 4.69) is 9.88 Å². The van der Waals surface area contributed by atoms with Crippen molar-refractivity contribution in [1.82, 2.24) is 18.9 Å². The summed E-state index contributed by atoms with van der Waals surface area (Å²) in [5.41, 5.74) is 8.85. The number of carbonyl (C=O) groups excluding carboxylic acids is 1. The number of pyridine rings is 2. The van der Waals surface area contributed by atoms with Gasteiger partial charge in [-0.25, -0.2) is 9.78 Å². The molecule has 0 atom stereocenters. The highest BCUT2D eigenvalue weighted by Crippen LogP contribution is 2.29. The van der Waals surface area contributed by atoms with E-state index in [0.29, 0.717) is 28.3 Å². The highest BCUT2D eigenvalue weighted by atomic mass is 35.5. The van der Waals surface area contributed by atoms with E-state index in [1.165, 1.54) is 31.4 Å². The number of alkyl halides is 3. The number of aromatic nitrogens is 3. The summed E-state index contributed by atoms with van der Waals surface area (Å²) >= 11 is 0. The number of hydrogen-bond acceptors (Lipinski definition) is 4. The van der Waals surface area contributed by atoms with E-state index >= 15 is 0 Å². The number of nitrogens with zero attached hydrogens (tertiary/aromatic N) is 5. The van der Waals surface area contributed by atoms with Crippen molar-refractivity contribution in [2.24, 2.45) is 5.73 Å². The third-order valence-electron chi connectivity index (χ3n) is 7.21. The van der Waals surface area contributed by atoms with Crippen LogP contribution in [0.1, 0.15) is 25.7 Å². The molecular weight excluding hydrogens is 557 g/mol. The maximum Gasteiger partial charge on any atom is 0.406 e. The van der Waals surface area contributed by atoms with Gasteiger partial charge in [-0.1, -0.05) is 18.6 Å². The summed E-state index contributed by atoms with van der Waals surface area (Å²) in [7, 11) is 0. The summed E-state index contributed by atoms with van der Waals surface area (Å²) in [4.78, 5) is 31.7. The average Bonchev–Trinajstić information content (AvgIpc) is 3.36. The number of nitrogens with two attached hydrogens (primary N) is 1. The molecule has 0 radical (unpaired) electrons. The van der Waals surface area contributed by atoms with Crippen molar-refractivity contribution in [3.05, 3.63) is 77.5 Å². The van der Waals surface area contributed by atoms with Gasteiger partial charge < -0.3 is 15.2 Å². The number of aryl methyl sites for hydroxylation is 1. The molecule has 0 aliphatic carbocycles. The lowest BCUT2D eigenvalue weighted by molar-refractivity contribution is -0.118. The molecule has 1 saturated heterocycles. The van der Waals surface area contributed by atoms with Gasteiger partial charge in [0.1, 0.15) is 12.2 Å². The molecule has 0 bridgehead atoms. The maximum atomic E-state index is 13.0. The molecule has 1 aliphatic heterocycles. The Hall–Kier alpha value is -3.83. The van der Waals surface area contributed by atoms with Gasteiger partial charge in [0.15, 0.2) is 0 Å². The van der Waals surface area contributed by atoms with Crippen LogP contribution < -0.4 is 16.2 Å². The van der Waals surface area contributed by atoms with Crippen LogP contribution in [0.25, 0.3) is 28.0 Å². The molecule has 1 aromatic carbocycles. The van der Waals surface area contributed by atoms with Crippen molar-refractivity contribution in [2.75, 3.05) is 31.1 Å². The number of benzene rings is 1. The minimum absolute atomic E-state index is 0. The number of imidazole rings is 1. The van der Waals surface area contributed by atoms with E-state index in [1.54, 1.807) is 35.0 Å². The van der Waals surface area contributed by atoms with Gasteiger partial charge in [0.25, 0.3) is 5.56 Å². The monoisotopic (exact) mass is 588 g/mol. The largest absolute Gasteiger partial charge is 0.406 e. The number of hydrogen-bond donors (Lipinski definition) is 1. The molecule has 0 unspecified atom stereocenters. The normalized spacial score (nSPS) is 14.1. The first-order valence-corrected chi connectivity index (χ1v) is 13.3. The van der Waals surface area contributed by atoms with Crippen LogP contribution in [-0.2, 0) is 6.54 Å². The molecule has 4 heterocycles. The lowest BCUT2D eigenvalue weighted by Crippen LogP contribution is -2.42. The second-order valence-electron chi connectivity index (χ2n) is 10.1. The zero-order valence-corrected chi connectivity index (χ0v) is 23.2. The Morgan fingerprint density at radius 3 is 2.49 bits per heavy atom. The minimum atomic E-state index is -4.60. The Bertz CT molecular complexity index is 1560. The zero-order valence-electron chi connectivity index (χ0n) is 22.4. The van der Waals surface area contributed by atoms with E-state index in [1.807, 2.05) is 28.9 Å². The maximum absolute atomic E-state index is 13.0. The highest BCUT2D eigenvalue weighted by Gasteiger charge is 2.33. The molecule has 1 fully saturated rings. The lowest BCUT2D eigenvalue weighted by atomic mass is 10.1. The molecule has 2 amide bonds.